The van der Waals surface area contributed by atoms with Crippen molar-refractivity contribution in [3.05, 3.63) is 30.3 Å². The van der Waals surface area contributed by atoms with E-state index in [1.807, 2.05) is 30.3 Å². The van der Waals surface area contributed by atoms with Crippen molar-refractivity contribution in [2.75, 3.05) is 13.2 Å². The van der Waals surface area contributed by atoms with Crippen LogP contribution >= 0.6 is 0 Å². The molecule has 0 spiro atoms. The fraction of sp³-hybridized carbons (Fsp3) is 0.400. The standard InChI is InChI=1S/C10H13NO/c1-2-4-10(5-3-1)12-8-9-6-7-11-9/h1-5,9,11H,6-8H2/t9-/m0/s1. The Labute approximate surface area is 72.5 Å². The zero-order chi connectivity index (χ0) is 8.23. The SMILES string of the molecule is c1ccc(OC[C@@H]2CCN2)cc1. The van der Waals surface area contributed by atoms with Crippen LogP contribution in [0.5, 0.6) is 5.75 Å². The minimum atomic E-state index is 0.574. The number of rotatable bonds is 3. The lowest BCUT2D eigenvalue weighted by Crippen LogP contribution is -2.46. The van der Waals surface area contributed by atoms with Gasteiger partial charge in [0.1, 0.15) is 12.4 Å². The molecule has 1 heterocycles. The Bertz CT molecular complexity index is 231. The molecule has 1 atom stereocenters. The fourth-order valence-corrected chi connectivity index (χ4v) is 1.20. The van der Waals surface area contributed by atoms with Gasteiger partial charge in [0.05, 0.1) is 0 Å². The van der Waals surface area contributed by atoms with Gasteiger partial charge >= 0.3 is 0 Å². The van der Waals surface area contributed by atoms with Crippen LogP contribution in [0.15, 0.2) is 30.3 Å². The lowest BCUT2D eigenvalue weighted by atomic mass is 10.1. The van der Waals surface area contributed by atoms with Gasteiger partial charge in [0, 0.05) is 6.04 Å². The molecule has 1 aromatic carbocycles. The molecule has 12 heavy (non-hydrogen) atoms. The summed E-state index contributed by atoms with van der Waals surface area (Å²) >= 11 is 0. The van der Waals surface area contributed by atoms with Crippen molar-refractivity contribution in [1.82, 2.24) is 5.32 Å². The molecule has 1 N–H and O–H groups in total. The van der Waals surface area contributed by atoms with Gasteiger partial charge in [-0.3, -0.25) is 0 Å². The quantitative estimate of drug-likeness (QED) is 0.727. The normalized spacial score (nSPS) is 21.5. The zero-order valence-electron chi connectivity index (χ0n) is 6.99. The Morgan fingerprint density at radius 3 is 2.67 bits per heavy atom. The lowest BCUT2D eigenvalue weighted by molar-refractivity contribution is 0.217. The van der Waals surface area contributed by atoms with E-state index in [0.29, 0.717) is 6.04 Å². The van der Waals surface area contributed by atoms with Crippen LogP contribution in [0.25, 0.3) is 0 Å². The zero-order valence-corrected chi connectivity index (χ0v) is 6.99. The Kier molecular flexibility index (Phi) is 2.28. The van der Waals surface area contributed by atoms with Gasteiger partial charge in [-0.15, -0.1) is 0 Å². The fourth-order valence-electron chi connectivity index (χ4n) is 1.20. The first-order chi connectivity index (χ1) is 5.95. The second kappa shape index (κ2) is 3.59. The van der Waals surface area contributed by atoms with Gasteiger partial charge in [-0.05, 0) is 25.1 Å². The maximum absolute atomic E-state index is 5.55. The van der Waals surface area contributed by atoms with Gasteiger partial charge < -0.3 is 10.1 Å². The summed E-state index contributed by atoms with van der Waals surface area (Å²) < 4.78 is 5.55. The molecule has 0 bridgehead atoms. The van der Waals surface area contributed by atoms with Gasteiger partial charge in [-0.1, -0.05) is 18.2 Å². The van der Waals surface area contributed by atoms with Crippen LogP contribution in [-0.4, -0.2) is 19.2 Å². The second-order valence-corrected chi connectivity index (χ2v) is 3.06. The van der Waals surface area contributed by atoms with E-state index in [0.717, 1.165) is 18.9 Å². The van der Waals surface area contributed by atoms with Crippen molar-refractivity contribution in [3.8, 4) is 5.75 Å². The summed E-state index contributed by atoms with van der Waals surface area (Å²) in [6.07, 6.45) is 1.24. The minimum Gasteiger partial charge on any atom is -0.492 e. The molecule has 0 unspecified atom stereocenters. The molecule has 1 aliphatic heterocycles. The van der Waals surface area contributed by atoms with Crippen LogP contribution in [0, 0.1) is 0 Å². The molecular weight excluding hydrogens is 150 g/mol. The summed E-state index contributed by atoms with van der Waals surface area (Å²) in [6, 6.07) is 10.5. The van der Waals surface area contributed by atoms with E-state index >= 15 is 0 Å². The largest absolute Gasteiger partial charge is 0.492 e. The van der Waals surface area contributed by atoms with E-state index in [4.69, 9.17) is 4.74 Å². The first kappa shape index (κ1) is 7.62. The molecule has 0 radical (unpaired) electrons. The number of ether oxygens (including phenoxy) is 1. The number of benzene rings is 1. The lowest BCUT2D eigenvalue weighted by Gasteiger charge is -2.27. The monoisotopic (exact) mass is 163 g/mol. The third-order valence-electron chi connectivity index (χ3n) is 2.12. The molecule has 2 nitrogen and oxygen atoms in total. The highest BCUT2D eigenvalue weighted by molar-refractivity contribution is 5.20. The van der Waals surface area contributed by atoms with Crippen LogP contribution in [-0.2, 0) is 0 Å². The summed E-state index contributed by atoms with van der Waals surface area (Å²) in [4.78, 5) is 0. The average Bonchev–Trinajstić information content (AvgIpc) is 2.04. The Hall–Kier alpha value is -1.02. The first-order valence-corrected chi connectivity index (χ1v) is 4.36. The number of hydrogen-bond acceptors (Lipinski definition) is 2. The topological polar surface area (TPSA) is 21.3 Å². The third kappa shape index (κ3) is 1.77. The molecule has 0 amide bonds. The third-order valence-corrected chi connectivity index (χ3v) is 2.12. The highest BCUT2D eigenvalue weighted by Gasteiger charge is 2.16. The van der Waals surface area contributed by atoms with Gasteiger partial charge in [-0.25, -0.2) is 0 Å². The number of hydrogen-bond donors (Lipinski definition) is 1. The highest BCUT2D eigenvalue weighted by Crippen LogP contribution is 2.10. The van der Waals surface area contributed by atoms with Crippen molar-refractivity contribution < 1.29 is 4.74 Å². The minimum absolute atomic E-state index is 0.574. The Morgan fingerprint density at radius 1 is 1.33 bits per heavy atom. The van der Waals surface area contributed by atoms with Crippen LogP contribution in [0.1, 0.15) is 6.42 Å². The van der Waals surface area contributed by atoms with E-state index in [1.54, 1.807) is 0 Å². The van der Waals surface area contributed by atoms with Crippen molar-refractivity contribution in [2.24, 2.45) is 0 Å². The molecule has 2 rings (SSSR count). The van der Waals surface area contributed by atoms with Crippen LogP contribution in [0.2, 0.25) is 0 Å². The molecule has 2 heteroatoms. The predicted molar refractivity (Wildman–Crippen MR) is 48.3 cm³/mol. The second-order valence-electron chi connectivity index (χ2n) is 3.06. The molecule has 0 saturated carbocycles. The molecular formula is C10H13NO. The molecule has 1 saturated heterocycles. The Morgan fingerprint density at radius 2 is 2.08 bits per heavy atom. The van der Waals surface area contributed by atoms with Crippen molar-refractivity contribution in [1.29, 1.82) is 0 Å². The van der Waals surface area contributed by atoms with Gasteiger partial charge in [0.2, 0.25) is 0 Å². The summed E-state index contributed by atoms with van der Waals surface area (Å²) in [7, 11) is 0. The van der Waals surface area contributed by atoms with Gasteiger partial charge in [0.25, 0.3) is 0 Å². The first-order valence-electron chi connectivity index (χ1n) is 4.36. The van der Waals surface area contributed by atoms with E-state index in [9.17, 15) is 0 Å². The van der Waals surface area contributed by atoms with E-state index < -0.39 is 0 Å². The van der Waals surface area contributed by atoms with Crippen molar-refractivity contribution in [3.63, 3.8) is 0 Å². The summed E-state index contributed by atoms with van der Waals surface area (Å²) in [5.41, 5.74) is 0. The molecule has 0 aromatic heterocycles. The highest BCUT2D eigenvalue weighted by atomic mass is 16.5. The smallest absolute Gasteiger partial charge is 0.119 e. The van der Waals surface area contributed by atoms with Crippen LogP contribution in [0.3, 0.4) is 0 Å². The predicted octanol–water partition coefficient (Wildman–Crippen LogP) is 1.43. The van der Waals surface area contributed by atoms with Crippen molar-refractivity contribution >= 4 is 0 Å². The van der Waals surface area contributed by atoms with Gasteiger partial charge in [-0.2, -0.15) is 0 Å². The molecule has 0 aliphatic carbocycles. The van der Waals surface area contributed by atoms with Crippen molar-refractivity contribution in [2.45, 2.75) is 12.5 Å². The average molecular weight is 163 g/mol. The molecule has 1 aliphatic rings. The molecule has 64 valence electrons. The van der Waals surface area contributed by atoms with E-state index in [2.05, 4.69) is 5.32 Å². The van der Waals surface area contributed by atoms with Crippen LogP contribution in [0.4, 0.5) is 0 Å². The Balaban J connectivity index is 1.79. The number of nitrogens with one attached hydrogen (secondary N) is 1. The van der Waals surface area contributed by atoms with Gasteiger partial charge in [0.15, 0.2) is 0 Å². The molecule has 1 aromatic rings. The molecule has 1 fully saturated rings. The summed E-state index contributed by atoms with van der Waals surface area (Å²) in [5.74, 6) is 0.964. The summed E-state index contributed by atoms with van der Waals surface area (Å²) in [5, 5.41) is 3.29. The maximum atomic E-state index is 5.55. The van der Waals surface area contributed by atoms with Crippen LogP contribution < -0.4 is 10.1 Å². The number of para-hydroxylation sites is 1. The maximum Gasteiger partial charge on any atom is 0.119 e. The summed E-state index contributed by atoms with van der Waals surface area (Å²) in [6.45, 7) is 1.94. The van der Waals surface area contributed by atoms with E-state index in [-0.39, 0.29) is 0 Å². The van der Waals surface area contributed by atoms with E-state index in [1.165, 1.54) is 6.42 Å².